The molecule has 0 amide bonds. The second-order valence-corrected chi connectivity index (χ2v) is 10.2. The molecule has 0 unspecified atom stereocenters. The van der Waals surface area contributed by atoms with Crippen LogP contribution in [0.3, 0.4) is 0 Å². The molecule has 0 spiro atoms. The maximum absolute atomic E-state index is 12.3. The van der Waals surface area contributed by atoms with Crippen molar-refractivity contribution >= 4 is 38.9 Å². The SMILES string of the molecule is CCN(CC)S(=O)(=O)CCNC(=NC)N1CCN(Cc2ccc(Cl)s2)CC1. The van der Waals surface area contributed by atoms with Crippen molar-refractivity contribution in [1.29, 1.82) is 0 Å². The summed E-state index contributed by atoms with van der Waals surface area (Å²) in [5.41, 5.74) is 0. The lowest BCUT2D eigenvalue weighted by molar-refractivity contribution is 0.174. The molecule has 0 radical (unpaired) electrons. The molecule has 0 aliphatic carbocycles. The van der Waals surface area contributed by atoms with Crippen molar-refractivity contribution < 1.29 is 8.42 Å². The van der Waals surface area contributed by atoms with E-state index in [1.807, 2.05) is 19.9 Å². The predicted molar refractivity (Wildman–Crippen MR) is 114 cm³/mol. The Hall–Kier alpha value is -0.870. The Bertz CT molecular complexity index is 711. The quantitative estimate of drug-likeness (QED) is 0.497. The molecule has 0 aromatic carbocycles. The van der Waals surface area contributed by atoms with E-state index in [2.05, 4.69) is 26.2 Å². The van der Waals surface area contributed by atoms with E-state index in [9.17, 15) is 8.42 Å². The fourth-order valence-electron chi connectivity index (χ4n) is 3.15. The van der Waals surface area contributed by atoms with Gasteiger partial charge < -0.3 is 10.2 Å². The molecule has 154 valence electrons. The van der Waals surface area contributed by atoms with Crippen LogP contribution in [0.4, 0.5) is 0 Å². The average molecular weight is 436 g/mol. The molecule has 0 bridgehead atoms. The zero-order chi connectivity index (χ0) is 19.9. The van der Waals surface area contributed by atoms with Crippen molar-refractivity contribution in [2.24, 2.45) is 4.99 Å². The lowest BCUT2D eigenvalue weighted by atomic mass is 10.3. The van der Waals surface area contributed by atoms with E-state index in [0.717, 1.165) is 43.0 Å². The number of rotatable bonds is 8. The minimum absolute atomic E-state index is 0.0762. The molecule has 10 heteroatoms. The van der Waals surface area contributed by atoms with Crippen molar-refractivity contribution in [3.63, 3.8) is 0 Å². The van der Waals surface area contributed by atoms with E-state index in [4.69, 9.17) is 11.6 Å². The molecule has 1 N–H and O–H groups in total. The van der Waals surface area contributed by atoms with Gasteiger partial charge in [0.1, 0.15) is 0 Å². The van der Waals surface area contributed by atoms with Gasteiger partial charge in [-0.15, -0.1) is 11.3 Å². The molecule has 1 aromatic rings. The highest BCUT2D eigenvalue weighted by Crippen LogP contribution is 2.23. The monoisotopic (exact) mass is 435 g/mol. The number of hydrogen-bond donors (Lipinski definition) is 1. The second-order valence-electron chi connectivity index (χ2n) is 6.34. The Morgan fingerprint density at radius 2 is 1.93 bits per heavy atom. The molecule has 1 aliphatic heterocycles. The van der Waals surface area contributed by atoms with Gasteiger partial charge in [0.05, 0.1) is 10.1 Å². The Labute approximate surface area is 172 Å². The highest BCUT2D eigenvalue weighted by molar-refractivity contribution is 7.89. The molecule has 27 heavy (non-hydrogen) atoms. The third-order valence-electron chi connectivity index (χ3n) is 4.63. The molecule has 2 heterocycles. The minimum atomic E-state index is -3.22. The molecular formula is C17H30ClN5O2S2. The van der Waals surface area contributed by atoms with Gasteiger partial charge in [0.25, 0.3) is 0 Å². The number of nitrogens with one attached hydrogen (secondary N) is 1. The van der Waals surface area contributed by atoms with Crippen molar-refractivity contribution in [1.82, 2.24) is 19.4 Å². The second kappa shape index (κ2) is 10.6. The molecule has 7 nitrogen and oxygen atoms in total. The maximum atomic E-state index is 12.3. The number of piperazine rings is 1. The molecule has 1 fully saturated rings. The number of hydrogen-bond acceptors (Lipinski definition) is 5. The maximum Gasteiger partial charge on any atom is 0.215 e. The van der Waals surface area contributed by atoms with Crippen LogP contribution in [0.15, 0.2) is 17.1 Å². The molecule has 1 aromatic heterocycles. The van der Waals surface area contributed by atoms with Crippen LogP contribution in [-0.4, -0.2) is 87.1 Å². The lowest BCUT2D eigenvalue weighted by Crippen LogP contribution is -2.52. The summed E-state index contributed by atoms with van der Waals surface area (Å²) in [5, 5.41) is 3.20. The Balaban J connectivity index is 1.78. The summed E-state index contributed by atoms with van der Waals surface area (Å²) in [6.07, 6.45) is 0. The number of aliphatic imine (C=N–C) groups is 1. The van der Waals surface area contributed by atoms with E-state index in [0.29, 0.717) is 19.6 Å². The minimum Gasteiger partial charge on any atom is -0.355 e. The van der Waals surface area contributed by atoms with Gasteiger partial charge in [-0.2, -0.15) is 0 Å². The van der Waals surface area contributed by atoms with Crippen LogP contribution in [0.2, 0.25) is 4.34 Å². The summed E-state index contributed by atoms with van der Waals surface area (Å²) in [6.45, 7) is 9.61. The Kier molecular flexibility index (Phi) is 8.81. The third-order valence-corrected chi connectivity index (χ3v) is 7.87. The van der Waals surface area contributed by atoms with Gasteiger partial charge in [0.2, 0.25) is 10.0 Å². The first-order valence-electron chi connectivity index (χ1n) is 9.29. The average Bonchev–Trinajstić information content (AvgIpc) is 3.05. The van der Waals surface area contributed by atoms with Crippen LogP contribution in [0.25, 0.3) is 0 Å². The van der Waals surface area contributed by atoms with E-state index in [1.165, 1.54) is 9.18 Å². The third kappa shape index (κ3) is 6.60. The fourth-order valence-corrected chi connectivity index (χ4v) is 5.68. The largest absolute Gasteiger partial charge is 0.355 e. The number of halogens is 1. The van der Waals surface area contributed by atoms with E-state index in [1.54, 1.807) is 18.4 Å². The molecule has 0 saturated carbocycles. The summed E-state index contributed by atoms with van der Waals surface area (Å²) in [7, 11) is -1.48. The molecule has 1 saturated heterocycles. The number of sulfonamides is 1. The highest BCUT2D eigenvalue weighted by Gasteiger charge is 2.22. The Morgan fingerprint density at radius 3 is 2.44 bits per heavy atom. The topological polar surface area (TPSA) is 68.2 Å². The number of thiophene rings is 1. The zero-order valence-corrected chi connectivity index (χ0v) is 18.7. The van der Waals surface area contributed by atoms with Crippen LogP contribution in [0.5, 0.6) is 0 Å². The smallest absolute Gasteiger partial charge is 0.215 e. The summed E-state index contributed by atoms with van der Waals surface area (Å²) in [6, 6.07) is 4.02. The Morgan fingerprint density at radius 1 is 1.26 bits per heavy atom. The summed E-state index contributed by atoms with van der Waals surface area (Å²) in [4.78, 5) is 10.2. The van der Waals surface area contributed by atoms with Gasteiger partial charge in [-0.05, 0) is 12.1 Å². The van der Waals surface area contributed by atoms with Gasteiger partial charge in [-0.3, -0.25) is 9.89 Å². The summed E-state index contributed by atoms with van der Waals surface area (Å²) in [5.74, 6) is 0.843. The fraction of sp³-hybridized carbons (Fsp3) is 0.706. The van der Waals surface area contributed by atoms with Crippen molar-refractivity contribution in [2.75, 3.05) is 58.6 Å². The van der Waals surface area contributed by atoms with Crippen LogP contribution < -0.4 is 5.32 Å². The van der Waals surface area contributed by atoms with E-state index < -0.39 is 10.0 Å². The van der Waals surface area contributed by atoms with E-state index in [-0.39, 0.29) is 5.75 Å². The van der Waals surface area contributed by atoms with E-state index >= 15 is 0 Å². The van der Waals surface area contributed by atoms with Crippen LogP contribution in [0.1, 0.15) is 18.7 Å². The molecule has 2 rings (SSSR count). The highest BCUT2D eigenvalue weighted by atomic mass is 35.5. The number of nitrogens with zero attached hydrogens (tertiary/aromatic N) is 4. The first kappa shape index (κ1) is 22.4. The van der Waals surface area contributed by atoms with Crippen LogP contribution in [-0.2, 0) is 16.6 Å². The molecular weight excluding hydrogens is 406 g/mol. The summed E-state index contributed by atoms with van der Waals surface area (Å²) < 4.78 is 26.9. The number of guanidine groups is 1. The van der Waals surface area contributed by atoms with Crippen molar-refractivity contribution in [3.8, 4) is 0 Å². The summed E-state index contributed by atoms with van der Waals surface area (Å²) >= 11 is 7.63. The molecule has 0 atom stereocenters. The van der Waals surface area contributed by atoms with Gasteiger partial charge in [0.15, 0.2) is 5.96 Å². The van der Waals surface area contributed by atoms with Crippen molar-refractivity contribution in [2.45, 2.75) is 20.4 Å². The van der Waals surface area contributed by atoms with Crippen LogP contribution >= 0.6 is 22.9 Å². The van der Waals surface area contributed by atoms with Gasteiger partial charge in [0, 0.05) is 64.3 Å². The standard InChI is InChI=1S/C17H30ClN5O2S2/c1-4-23(5-2)27(24,25)13-8-20-17(19-3)22-11-9-21(10-12-22)14-15-6-7-16(18)26-15/h6-7H,4-5,8-14H2,1-3H3,(H,19,20). The van der Waals surface area contributed by atoms with Crippen molar-refractivity contribution in [3.05, 3.63) is 21.3 Å². The van der Waals surface area contributed by atoms with Gasteiger partial charge in [-0.25, -0.2) is 12.7 Å². The first-order valence-corrected chi connectivity index (χ1v) is 12.1. The predicted octanol–water partition coefficient (Wildman–Crippen LogP) is 1.77. The van der Waals surface area contributed by atoms with Gasteiger partial charge in [-0.1, -0.05) is 25.4 Å². The normalized spacial score (nSPS) is 16.9. The lowest BCUT2D eigenvalue weighted by Gasteiger charge is -2.36. The molecule has 1 aliphatic rings. The van der Waals surface area contributed by atoms with Crippen LogP contribution in [0, 0.1) is 0 Å². The zero-order valence-electron chi connectivity index (χ0n) is 16.3. The first-order chi connectivity index (χ1) is 12.9. The van der Waals surface area contributed by atoms with Gasteiger partial charge >= 0.3 is 0 Å².